The Morgan fingerprint density at radius 1 is 1.47 bits per heavy atom. The molecule has 19 heavy (non-hydrogen) atoms. The largest absolute Gasteiger partial charge is 0.343 e. The second-order valence-electron chi connectivity index (χ2n) is 5.49. The molecule has 0 aliphatic carbocycles. The maximum Gasteiger partial charge on any atom is 0.219 e. The van der Waals surface area contributed by atoms with E-state index in [-0.39, 0.29) is 5.91 Å². The third-order valence-electron chi connectivity index (χ3n) is 3.83. The summed E-state index contributed by atoms with van der Waals surface area (Å²) in [5.41, 5.74) is 0. The number of rotatable bonds is 5. The van der Waals surface area contributed by atoms with E-state index >= 15 is 0 Å². The molecule has 1 amide bonds. The fourth-order valence-corrected chi connectivity index (χ4v) is 2.57. The minimum atomic E-state index is 0.207. The Bertz CT molecular complexity index is 382. The quantitative estimate of drug-likeness (QED) is 0.867. The van der Waals surface area contributed by atoms with Gasteiger partial charge in [-0.1, -0.05) is 0 Å². The van der Waals surface area contributed by atoms with E-state index in [0.29, 0.717) is 12.0 Å². The molecule has 0 spiro atoms. The first-order valence-electron chi connectivity index (χ1n) is 7.11. The molecule has 106 valence electrons. The average Bonchev–Trinajstić information content (AvgIpc) is 2.89. The first kappa shape index (κ1) is 14.1. The summed E-state index contributed by atoms with van der Waals surface area (Å²) in [4.78, 5) is 13.2. The van der Waals surface area contributed by atoms with Gasteiger partial charge < -0.3 is 10.2 Å². The number of amides is 1. The summed E-state index contributed by atoms with van der Waals surface area (Å²) in [6.07, 6.45) is 6.02. The zero-order chi connectivity index (χ0) is 13.7. The maximum atomic E-state index is 11.2. The predicted octanol–water partition coefficient (Wildman–Crippen LogP) is 1.12. The van der Waals surface area contributed by atoms with Crippen LogP contribution in [0.3, 0.4) is 0 Å². The van der Waals surface area contributed by atoms with Crippen LogP contribution >= 0.6 is 0 Å². The maximum absolute atomic E-state index is 11.2. The summed E-state index contributed by atoms with van der Waals surface area (Å²) in [5.74, 6) is 0.897. The van der Waals surface area contributed by atoms with Crippen molar-refractivity contribution in [2.24, 2.45) is 5.92 Å². The van der Waals surface area contributed by atoms with Crippen molar-refractivity contribution < 1.29 is 4.79 Å². The van der Waals surface area contributed by atoms with E-state index in [0.717, 1.165) is 39.0 Å². The minimum absolute atomic E-state index is 0.207. The van der Waals surface area contributed by atoms with Crippen LogP contribution in [0.2, 0.25) is 0 Å². The SMILES string of the molecule is CC(=O)N1CCC(CN[C@@H](C)Cn2cccn2)CC1. The average molecular weight is 264 g/mol. The van der Waals surface area contributed by atoms with Gasteiger partial charge in [0, 0.05) is 38.4 Å². The van der Waals surface area contributed by atoms with Crippen LogP contribution < -0.4 is 5.32 Å². The molecule has 1 aromatic heterocycles. The highest BCUT2D eigenvalue weighted by Crippen LogP contribution is 2.16. The molecule has 1 saturated heterocycles. The lowest BCUT2D eigenvalue weighted by molar-refractivity contribution is -0.130. The molecule has 0 saturated carbocycles. The van der Waals surface area contributed by atoms with Crippen molar-refractivity contribution in [1.29, 1.82) is 0 Å². The number of nitrogens with one attached hydrogen (secondary N) is 1. The molecule has 1 aromatic rings. The summed E-state index contributed by atoms with van der Waals surface area (Å²) in [6, 6.07) is 2.37. The van der Waals surface area contributed by atoms with Crippen molar-refractivity contribution in [2.45, 2.75) is 39.3 Å². The van der Waals surface area contributed by atoms with E-state index in [1.54, 1.807) is 6.92 Å². The van der Waals surface area contributed by atoms with Crippen molar-refractivity contribution in [3.63, 3.8) is 0 Å². The summed E-state index contributed by atoms with van der Waals surface area (Å²) in [7, 11) is 0. The van der Waals surface area contributed by atoms with Crippen LogP contribution in [0, 0.1) is 5.92 Å². The number of piperidine rings is 1. The topological polar surface area (TPSA) is 50.2 Å². The Morgan fingerprint density at radius 2 is 2.21 bits per heavy atom. The lowest BCUT2D eigenvalue weighted by atomic mass is 9.96. The van der Waals surface area contributed by atoms with Crippen LogP contribution in [0.4, 0.5) is 0 Å². The smallest absolute Gasteiger partial charge is 0.219 e. The zero-order valence-electron chi connectivity index (χ0n) is 11.9. The van der Waals surface area contributed by atoms with Gasteiger partial charge in [0.05, 0.1) is 6.54 Å². The second-order valence-corrected chi connectivity index (χ2v) is 5.49. The molecule has 0 unspecified atom stereocenters. The molecule has 0 radical (unpaired) electrons. The Labute approximate surface area is 115 Å². The van der Waals surface area contributed by atoms with Crippen LogP contribution in [-0.4, -0.2) is 46.3 Å². The van der Waals surface area contributed by atoms with Crippen molar-refractivity contribution >= 4 is 5.91 Å². The third kappa shape index (κ3) is 4.35. The molecule has 1 atom stereocenters. The number of nitrogens with zero attached hydrogens (tertiary/aromatic N) is 3. The van der Waals surface area contributed by atoms with Crippen LogP contribution in [0.25, 0.3) is 0 Å². The van der Waals surface area contributed by atoms with Crippen LogP contribution in [0.15, 0.2) is 18.5 Å². The molecule has 1 N–H and O–H groups in total. The van der Waals surface area contributed by atoms with Crippen molar-refractivity contribution in [2.75, 3.05) is 19.6 Å². The Morgan fingerprint density at radius 3 is 2.79 bits per heavy atom. The number of carbonyl (C=O) groups is 1. The van der Waals surface area contributed by atoms with E-state index in [1.165, 1.54) is 0 Å². The van der Waals surface area contributed by atoms with Gasteiger partial charge in [0.25, 0.3) is 0 Å². The standard InChI is InChI=1S/C14H24N4O/c1-12(11-18-7-3-6-16-18)15-10-14-4-8-17(9-5-14)13(2)19/h3,6-7,12,14-15H,4-5,8-11H2,1-2H3/t12-/m0/s1. The van der Waals surface area contributed by atoms with Crippen LogP contribution in [-0.2, 0) is 11.3 Å². The number of carbonyl (C=O) groups excluding carboxylic acids is 1. The van der Waals surface area contributed by atoms with E-state index in [1.807, 2.05) is 28.0 Å². The molecule has 5 heteroatoms. The summed E-state index contributed by atoms with van der Waals surface area (Å²) < 4.78 is 1.95. The summed E-state index contributed by atoms with van der Waals surface area (Å²) >= 11 is 0. The van der Waals surface area contributed by atoms with Gasteiger partial charge in [-0.2, -0.15) is 5.10 Å². The zero-order valence-corrected chi connectivity index (χ0v) is 11.9. The first-order valence-corrected chi connectivity index (χ1v) is 7.11. The highest BCUT2D eigenvalue weighted by atomic mass is 16.2. The Hall–Kier alpha value is -1.36. The van der Waals surface area contributed by atoms with Gasteiger partial charge in [-0.25, -0.2) is 0 Å². The van der Waals surface area contributed by atoms with Crippen molar-refractivity contribution in [1.82, 2.24) is 20.0 Å². The van der Waals surface area contributed by atoms with Gasteiger partial charge in [0.2, 0.25) is 5.91 Å². The summed E-state index contributed by atoms with van der Waals surface area (Å²) in [6.45, 7) is 7.61. The van der Waals surface area contributed by atoms with E-state index < -0.39 is 0 Å². The van der Waals surface area contributed by atoms with E-state index in [4.69, 9.17) is 0 Å². The minimum Gasteiger partial charge on any atom is -0.343 e. The number of likely N-dealkylation sites (tertiary alicyclic amines) is 1. The normalized spacial score (nSPS) is 18.5. The molecule has 2 heterocycles. The molecule has 2 rings (SSSR count). The lowest BCUT2D eigenvalue weighted by Gasteiger charge is -2.32. The highest BCUT2D eigenvalue weighted by molar-refractivity contribution is 5.73. The molecule has 1 aliphatic rings. The van der Waals surface area contributed by atoms with Gasteiger partial charge in [-0.05, 0) is 38.3 Å². The predicted molar refractivity (Wildman–Crippen MR) is 74.7 cm³/mol. The molecule has 1 fully saturated rings. The number of aromatic nitrogens is 2. The van der Waals surface area contributed by atoms with Crippen molar-refractivity contribution in [3.05, 3.63) is 18.5 Å². The molecule has 0 bridgehead atoms. The number of hydrogen-bond donors (Lipinski definition) is 1. The van der Waals surface area contributed by atoms with Gasteiger partial charge in [-0.3, -0.25) is 9.48 Å². The Kier molecular flexibility index (Phi) is 4.96. The second kappa shape index (κ2) is 6.70. The molecule has 0 aromatic carbocycles. The lowest BCUT2D eigenvalue weighted by Crippen LogP contribution is -2.41. The van der Waals surface area contributed by atoms with Crippen LogP contribution in [0.5, 0.6) is 0 Å². The highest BCUT2D eigenvalue weighted by Gasteiger charge is 2.20. The fraction of sp³-hybridized carbons (Fsp3) is 0.714. The molecular formula is C14H24N4O. The van der Waals surface area contributed by atoms with Gasteiger partial charge in [0.15, 0.2) is 0 Å². The Balaban J connectivity index is 1.65. The molecule has 1 aliphatic heterocycles. The first-order chi connectivity index (χ1) is 9.15. The van der Waals surface area contributed by atoms with Gasteiger partial charge >= 0.3 is 0 Å². The summed E-state index contributed by atoms with van der Waals surface area (Å²) in [5, 5.41) is 7.78. The van der Waals surface area contributed by atoms with Crippen LogP contribution in [0.1, 0.15) is 26.7 Å². The monoisotopic (exact) mass is 264 g/mol. The number of hydrogen-bond acceptors (Lipinski definition) is 3. The fourth-order valence-electron chi connectivity index (χ4n) is 2.57. The third-order valence-corrected chi connectivity index (χ3v) is 3.83. The van der Waals surface area contributed by atoms with E-state index in [9.17, 15) is 4.79 Å². The van der Waals surface area contributed by atoms with Gasteiger partial charge in [0.1, 0.15) is 0 Å². The molecular weight excluding hydrogens is 240 g/mol. The van der Waals surface area contributed by atoms with Crippen molar-refractivity contribution in [3.8, 4) is 0 Å². The van der Waals surface area contributed by atoms with E-state index in [2.05, 4.69) is 17.3 Å². The molecule has 5 nitrogen and oxygen atoms in total. The van der Waals surface area contributed by atoms with Gasteiger partial charge in [-0.15, -0.1) is 0 Å².